The summed E-state index contributed by atoms with van der Waals surface area (Å²) in [5.74, 6) is 0.624. The van der Waals surface area contributed by atoms with Gasteiger partial charge in [-0.2, -0.15) is 13.2 Å². The molecule has 0 saturated carbocycles. The molecule has 1 aliphatic heterocycles. The third kappa shape index (κ3) is 8.94. The molecule has 0 radical (unpaired) electrons. The Hall–Kier alpha value is -1.12. The Morgan fingerprint density at radius 2 is 1.90 bits per heavy atom. The van der Waals surface area contributed by atoms with E-state index in [1.165, 1.54) is 12.1 Å². The monoisotopic (exact) mass is 563 g/mol. The summed E-state index contributed by atoms with van der Waals surface area (Å²) in [6.07, 6.45) is -3.44. The van der Waals surface area contributed by atoms with Gasteiger partial charge in [0.15, 0.2) is 5.96 Å². The van der Waals surface area contributed by atoms with Crippen LogP contribution in [0.5, 0.6) is 0 Å². The number of alkyl halides is 3. The zero-order valence-corrected chi connectivity index (χ0v) is 20.1. The average Bonchev–Trinajstić information content (AvgIpc) is 3.10. The Balaban J connectivity index is 0.00000450. The number of sulfonamides is 1. The van der Waals surface area contributed by atoms with E-state index < -0.39 is 21.8 Å². The summed E-state index contributed by atoms with van der Waals surface area (Å²) in [5, 5.41) is 6.36. The van der Waals surface area contributed by atoms with Crippen LogP contribution in [0.15, 0.2) is 29.3 Å². The molecule has 2 rings (SSSR count). The number of benzene rings is 1. The number of hydrogen-bond acceptors (Lipinski definition) is 4. The van der Waals surface area contributed by atoms with E-state index in [2.05, 4.69) is 25.2 Å². The van der Waals surface area contributed by atoms with E-state index in [9.17, 15) is 21.6 Å². The molecule has 12 heteroatoms. The van der Waals surface area contributed by atoms with Crippen LogP contribution in [0.25, 0.3) is 0 Å². The smallest absolute Gasteiger partial charge is 0.355 e. The number of rotatable bonds is 8. The standard InChI is InChI=1S/C18H28F3N5O2S.HI/c1-3-29(27,28)24-10-9-23-17(22-2)25-16-8-11-26(13-16)12-14-4-6-15(7-5-14)18(19,20)21;/h4-7,16,24H,3,8-13H2,1-2H3,(H2,22,23,25);1H. The molecule has 1 aliphatic rings. The maximum Gasteiger partial charge on any atom is 0.416 e. The quantitative estimate of drug-likeness (QED) is 0.195. The Morgan fingerprint density at radius 3 is 2.47 bits per heavy atom. The van der Waals surface area contributed by atoms with Crippen molar-refractivity contribution in [1.29, 1.82) is 0 Å². The van der Waals surface area contributed by atoms with Crippen LogP contribution >= 0.6 is 24.0 Å². The predicted molar refractivity (Wildman–Crippen MR) is 123 cm³/mol. The highest BCUT2D eigenvalue weighted by molar-refractivity contribution is 14.0. The molecular formula is C18H29F3IN5O2S. The fourth-order valence-electron chi connectivity index (χ4n) is 3.03. The van der Waals surface area contributed by atoms with Gasteiger partial charge in [0.1, 0.15) is 0 Å². The molecule has 1 atom stereocenters. The van der Waals surface area contributed by atoms with Crippen molar-refractivity contribution in [2.24, 2.45) is 4.99 Å². The van der Waals surface area contributed by atoms with E-state index >= 15 is 0 Å². The lowest BCUT2D eigenvalue weighted by Crippen LogP contribution is -2.46. The van der Waals surface area contributed by atoms with Gasteiger partial charge in [-0.1, -0.05) is 12.1 Å². The minimum absolute atomic E-state index is 0. The van der Waals surface area contributed by atoms with Crippen LogP contribution < -0.4 is 15.4 Å². The third-order valence-corrected chi connectivity index (χ3v) is 6.05. The molecule has 0 spiro atoms. The Labute approximate surface area is 193 Å². The average molecular weight is 563 g/mol. The minimum Gasteiger partial charge on any atom is -0.355 e. The normalized spacial score (nSPS) is 18.2. The van der Waals surface area contributed by atoms with Crippen molar-refractivity contribution >= 4 is 40.0 Å². The largest absolute Gasteiger partial charge is 0.416 e. The predicted octanol–water partition coefficient (Wildman–Crippen LogP) is 2.00. The number of hydrogen-bond donors (Lipinski definition) is 3. The van der Waals surface area contributed by atoms with Gasteiger partial charge in [0.2, 0.25) is 10.0 Å². The fraction of sp³-hybridized carbons (Fsp3) is 0.611. The van der Waals surface area contributed by atoms with Gasteiger partial charge in [0.25, 0.3) is 0 Å². The first-order chi connectivity index (χ1) is 13.6. The molecule has 1 heterocycles. The summed E-state index contributed by atoms with van der Waals surface area (Å²) in [6.45, 7) is 4.40. The van der Waals surface area contributed by atoms with E-state index in [1.807, 2.05) is 0 Å². The maximum atomic E-state index is 12.6. The summed E-state index contributed by atoms with van der Waals surface area (Å²) in [5.41, 5.74) is 0.197. The second-order valence-corrected chi connectivity index (χ2v) is 8.95. The van der Waals surface area contributed by atoms with Gasteiger partial charge in [-0.3, -0.25) is 9.89 Å². The fourth-order valence-corrected chi connectivity index (χ4v) is 3.65. The summed E-state index contributed by atoms with van der Waals surface area (Å²) < 4.78 is 63.2. The van der Waals surface area contributed by atoms with Crippen molar-refractivity contribution in [1.82, 2.24) is 20.3 Å². The lowest BCUT2D eigenvalue weighted by atomic mass is 10.1. The van der Waals surface area contributed by atoms with Crippen LogP contribution in [0.3, 0.4) is 0 Å². The number of nitrogens with one attached hydrogen (secondary N) is 3. The lowest BCUT2D eigenvalue weighted by molar-refractivity contribution is -0.137. The van der Waals surface area contributed by atoms with Gasteiger partial charge in [-0.25, -0.2) is 13.1 Å². The molecule has 7 nitrogen and oxygen atoms in total. The molecule has 1 saturated heterocycles. The van der Waals surface area contributed by atoms with Crippen LogP contribution in [-0.2, 0) is 22.7 Å². The van der Waals surface area contributed by atoms with Crippen LogP contribution in [0.1, 0.15) is 24.5 Å². The summed E-state index contributed by atoms with van der Waals surface area (Å²) in [6, 6.07) is 5.41. The maximum absolute atomic E-state index is 12.6. The molecule has 1 fully saturated rings. The SMILES string of the molecule is CCS(=O)(=O)NCCNC(=NC)NC1CCN(Cc2ccc(C(F)(F)F)cc2)C1.I. The van der Waals surface area contributed by atoms with E-state index in [-0.39, 0.29) is 42.3 Å². The molecule has 30 heavy (non-hydrogen) atoms. The van der Waals surface area contributed by atoms with Gasteiger partial charge < -0.3 is 10.6 Å². The molecule has 1 aromatic rings. The first kappa shape index (κ1) is 26.9. The Morgan fingerprint density at radius 1 is 1.23 bits per heavy atom. The molecule has 0 amide bonds. The molecule has 1 unspecified atom stereocenters. The van der Waals surface area contributed by atoms with Crippen molar-refractivity contribution < 1.29 is 21.6 Å². The summed E-state index contributed by atoms with van der Waals surface area (Å²) in [4.78, 5) is 6.31. The second kappa shape index (κ2) is 12.1. The molecular weight excluding hydrogens is 534 g/mol. The number of halogens is 4. The summed E-state index contributed by atoms with van der Waals surface area (Å²) >= 11 is 0. The van der Waals surface area contributed by atoms with Crippen molar-refractivity contribution in [3.63, 3.8) is 0 Å². The molecule has 0 aliphatic carbocycles. The highest BCUT2D eigenvalue weighted by Crippen LogP contribution is 2.29. The van der Waals surface area contributed by atoms with E-state index in [0.717, 1.165) is 37.2 Å². The molecule has 1 aromatic carbocycles. The molecule has 0 aromatic heterocycles. The van der Waals surface area contributed by atoms with Crippen LogP contribution in [-0.4, -0.2) is 64.3 Å². The number of aliphatic imine (C=N–C) groups is 1. The second-order valence-electron chi connectivity index (χ2n) is 6.86. The third-order valence-electron chi connectivity index (χ3n) is 4.64. The number of likely N-dealkylation sites (tertiary alicyclic amines) is 1. The van der Waals surface area contributed by atoms with Gasteiger partial charge in [-0.15, -0.1) is 24.0 Å². The van der Waals surface area contributed by atoms with Crippen molar-refractivity contribution in [3.05, 3.63) is 35.4 Å². The minimum atomic E-state index is -4.32. The first-order valence-electron chi connectivity index (χ1n) is 9.46. The highest BCUT2D eigenvalue weighted by Gasteiger charge is 2.30. The number of nitrogens with zero attached hydrogens (tertiary/aromatic N) is 2. The van der Waals surface area contributed by atoms with E-state index in [0.29, 0.717) is 19.0 Å². The van der Waals surface area contributed by atoms with Crippen LogP contribution in [0, 0.1) is 0 Å². The zero-order valence-electron chi connectivity index (χ0n) is 17.0. The van der Waals surface area contributed by atoms with Crippen molar-refractivity contribution in [2.75, 3.05) is 39.0 Å². The van der Waals surface area contributed by atoms with E-state index in [4.69, 9.17) is 0 Å². The van der Waals surface area contributed by atoms with Crippen molar-refractivity contribution in [3.8, 4) is 0 Å². The molecule has 3 N–H and O–H groups in total. The topological polar surface area (TPSA) is 85.8 Å². The van der Waals surface area contributed by atoms with Crippen molar-refractivity contribution in [2.45, 2.75) is 32.1 Å². The van der Waals surface area contributed by atoms with Crippen LogP contribution in [0.2, 0.25) is 0 Å². The van der Waals surface area contributed by atoms with E-state index in [1.54, 1.807) is 14.0 Å². The lowest BCUT2D eigenvalue weighted by Gasteiger charge is -2.19. The van der Waals surface area contributed by atoms with Crippen LogP contribution in [0.4, 0.5) is 13.2 Å². The summed E-state index contributed by atoms with van der Waals surface area (Å²) in [7, 11) is -1.57. The van der Waals surface area contributed by atoms with Gasteiger partial charge in [0.05, 0.1) is 11.3 Å². The Bertz CT molecular complexity index is 788. The Kier molecular flexibility index (Phi) is 10.8. The molecule has 172 valence electrons. The number of guanidine groups is 1. The molecule has 0 bridgehead atoms. The van der Waals surface area contributed by atoms with Gasteiger partial charge in [-0.05, 0) is 31.0 Å². The van der Waals surface area contributed by atoms with Gasteiger partial charge >= 0.3 is 6.18 Å². The first-order valence-corrected chi connectivity index (χ1v) is 11.1. The van der Waals surface area contributed by atoms with Gasteiger partial charge in [0, 0.05) is 45.8 Å². The highest BCUT2D eigenvalue weighted by atomic mass is 127. The zero-order chi connectivity index (χ0) is 21.5.